The van der Waals surface area contributed by atoms with Crippen LogP contribution in [0.3, 0.4) is 0 Å². The molecule has 0 aliphatic heterocycles. The number of hydrogen-bond donors (Lipinski definition) is 1. The molecule has 0 aromatic heterocycles. The van der Waals surface area contributed by atoms with Crippen molar-refractivity contribution in [1.82, 2.24) is 5.32 Å². The molecule has 0 aliphatic carbocycles. The van der Waals surface area contributed by atoms with Crippen molar-refractivity contribution in [3.8, 4) is 22.9 Å². The van der Waals surface area contributed by atoms with Gasteiger partial charge in [-0.2, -0.15) is 5.26 Å². The highest BCUT2D eigenvalue weighted by molar-refractivity contribution is 5.84. The van der Waals surface area contributed by atoms with E-state index in [-0.39, 0.29) is 24.1 Å². The molecule has 148 valence electrons. The lowest BCUT2D eigenvalue weighted by molar-refractivity contribution is -0.274. The molecule has 0 radical (unpaired) electrons. The number of hydrogen-bond acceptors (Lipinski definition) is 3. The van der Waals surface area contributed by atoms with Crippen molar-refractivity contribution in [1.29, 1.82) is 5.26 Å². The number of nitrogens with one attached hydrogen (secondary N) is 1. The van der Waals surface area contributed by atoms with E-state index in [0.717, 1.165) is 11.1 Å². The maximum atomic E-state index is 12.5. The number of amides is 1. The van der Waals surface area contributed by atoms with Gasteiger partial charge in [0.2, 0.25) is 5.91 Å². The third-order valence-corrected chi connectivity index (χ3v) is 4.08. The van der Waals surface area contributed by atoms with E-state index < -0.39 is 12.3 Å². The van der Waals surface area contributed by atoms with Crippen LogP contribution in [0.1, 0.15) is 31.7 Å². The lowest BCUT2D eigenvalue weighted by atomic mass is 9.88. The van der Waals surface area contributed by atoms with E-state index in [2.05, 4.69) is 10.1 Å². The van der Waals surface area contributed by atoms with Crippen molar-refractivity contribution in [3.63, 3.8) is 0 Å². The minimum atomic E-state index is -4.73. The predicted octanol–water partition coefficient (Wildman–Crippen LogP) is 5.02. The number of nitriles is 1. The molecular weight excluding hydrogens is 369 g/mol. The Bertz CT molecular complexity index is 840. The minimum absolute atomic E-state index is 0.0617. The molecule has 7 heteroatoms. The molecular formula is C21H21F3N2O2. The van der Waals surface area contributed by atoms with E-state index in [1.165, 1.54) is 24.3 Å². The summed E-state index contributed by atoms with van der Waals surface area (Å²) in [6, 6.07) is 14.8. The number of carbonyl (C=O) groups is 1. The second kappa shape index (κ2) is 9.27. The standard InChI is InChI=1S/C21H21F3N2O2/c1-14(2)12-19(20(27)26-11-10-25)17-5-3-4-16(13-17)15-6-8-18(9-7-15)28-21(22,23)24/h3-9,13-14,19H,11-12H2,1-2H3,(H,26,27). The number of rotatable bonds is 7. The van der Waals surface area contributed by atoms with Crippen molar-refractivity contribution < 1.29 is 22.7 Å². The molecule has 28 heavy (non-hydrogen) atoms. The molecule has 4 nitrogen and oxygen atoms in total. The first-order chi connectivity index (χ1) is 13.2. The van der Waals surface area contributed by atoms with Gasteiger partial charge in [-0.05, 0) is 41.2 Å². The Morgan fingerprint density at radius 2 is 1.82 bits per heavy atom. The highest BCUT2D eigenvalue weighted by Crippen LogP contribution is 2.30. The molecule has 0 saturated heterocycles. The fraction of sp³-hybridized carbons (Fsp3) is 0.333. The third kappa shape index (κ3) is 6.31. The molecule has 1 N–H and O–H groups in total. The van der Waals surface area contributed by atoms with Gasteiger partial charge in [-0.25, -0.2) is 0 Å². The Kier molecular flexibility index (Phi) is 7.05. The van der Waals surface area contributed by atoms with Crippen LogP contribution in [0.4, 0.5) is 13.2 Å². The minimum Gasteiger partial charge on any atom is -0.406 e. The van der Waals surface area contributed by atoms with Gasteiger partial charge in [0.1, 0.15) is 12.3 Å². The fourth-order valence-corrected chi connectivity index (χ4v) is 2.90. The van der Waals surface area contributed by atoms with Gasteiger partial charge in [-0.15, -0.1) is 13.2 Å². The molecule has 0 heterocycles. The molecule has 0 saturated carbocycles. The summed E-state index contributed by atoms with van der Waals surface area (Å²) in [4.78, 5) is 12.5. The number of nitrogens with zero attached hydrogens (tertiary/aromatic N) is 1. The van der Waals surface area contributed by atoms with Crippen LogP contribution >= 0.6 is 0 Å². The van der Waals surface area contributed by atoms with Crippen LogP contribution < -0.4 is 10.1 Å². The molecule has 1 amide bonds. The zero-order valence-electron chi connectivity index (χ0n) is 15.6. The summed E-state index contributed by atoms with van der Waals surface area (Å²) in [6.45, 7) is 3.95. The molecule has 2 rings (SSSR count). The highest BCUT2D eigenvalue weighted by Gasteiger charge is 2.31. The summed E-state index contributed by atoms with van der Waals surface area (Å²) in [5, 5.41) is 11.3. The number of ether oxygens (including phenoxy) is 1. The van der Waals surface area contributed by atoms with Crippen LogP contribution in [0.2, 0.25) is 0 Å². The van der Waals surface area contributed by atoms with E-state index in [1.807, 2.05) is 38.1 Å². The lowest BCUT2D eigenvalue weighted by Crippen LogP contribution is -2.30. The van der Waals surface area contributed by atoms with Gasteiger partial charge >= 0.3 is 6.36 Å². The predicted molar refractivity (Wildman–Crippen MR) is 99.4 cm³/mol. The van der Waals surface area contributed by atoms with Crippen LogP contribution in [0.5, 0.6) is 5.75 Å². The fourth-order valence-electron chi connectivity index (χ4n) is 2.90. The SMILES string of the molecule is CC(C)CC(C(=O)NCC#N)c1cccc(-c2ccc(OC(F)(F)F)cc2)c1. The summed E-state index contributed by atoms with van der Waals surface area (Å²) in [6.07, 6.45) is -4.12. The van der Waals surface area contributed by atoms with Crippen LogP contribution in [0.25, 0.3) is 11.1 Å². The Hall–Kier alpha value is -3.01. The van der Waals surface area contributed by atoms with Crippen molar-refractivity contribution in [2.24, 2.45) is 5.92 Å². The average molecular weight is 390 g/mol. The van der Waals surface area contributed by atoms with E-state index in [4.69, 9.17) is 5.26 Å². The largest absolute Gasteiger partial charge is 0.573 e. The maximum absolute atomic E-state index is 12.5. The van der Waals surface area contributed by atoms with Gasteiger partial charge in [0.05, 0.1) is 12.0 Å². The first kappa shape index (κ1) is 21.3. The van der Waals surface area contributed by atoms with Gasteiger partial charge < -0.3 is 10.1 Å². The summed E-state index contributed by atoms with van der Waals surface area (Å²) < 4.78 is 40.8. The maximum Gasteiger partial charge on any atom is 0.573 e. The Balaban J connectivity index is 2.28. The normalized spacial score (nSPS) is 12.3. The molecule has 1 unspecified atom stereocenters. The first-order valence-electron chi connectivity index (χ1n) is 8.80. The van der Waals surface area contributed by atoms with E-state index >= 15 is 0 Å². The molecule has 0 bridgehead atoms. The highest BCUT2D eigenvalue weighted by atomic mass is 19.4. The summed E-state index contributed by atoms with van der Waals surface area (Å²) in [5.74, 6) is -0.663. The van der Waals surface area contributed by atoms with Crippen LogP contribution in [0.15, 0.2) is 48.5 Å². The van der Waals surface area contributed by atoms with Crippen LogP contribution in [-0.4, -0.2) is 18.8 Å². The Labute approximate surface area is 161 Å². The molecule has 0 aliphatic rings. The zero-order chi connectivity index (χ0) is 20.7. The smallest absolute Gasteiger partial charge is 0.406 e. The zero-order valence-corrected chi connectivity index (χ0v) is 15.6. The van der Waals surface area contributed by atoms with Crippen molar-refractivity contribution >= 4 is 5.91 Å². The second-order valence-corrected chi connectivity index (χ2v) is 6.76. The Morgan fingerprint density at radius 1 is 1.14 bits per heavy atom. The van der Waals surface area contributed by atoms with Gasteiger partial charge in [-0.3, -0.25) is 4.79 Å². The molecule has 1 atom stereocenters. The molecule has 2 aromatic rings. The summed E-state index contributed by atoms with van der Waals surface area (Å²) >= 11 is 0. The van der Waals surface area contributed by atoms with Crippen LogP contribution in [0, 0.1) is 17.2 Å². The van der Waals surface area contributed by atoms with Crippen molar-refractivity contribution in [2.45, 2.75) is 32.5 Å². The molecule has 0 spiro atoms. The number of halogens is 3. The number of benzene rings is 2. The van der Waals surface area contributed by atoms with Gasteiger partial charge in [0, 0.05) is 0 Å². The Morgan fingerprint density at radius 3 is 2.39 bits per heavy atom. The molecule has 0 fully saturated rings. The monoisotopic (exact) mass is 390 g/mol. The summed E-state index contributed by atoms with van der Waals surface area (Å²) in [7, 11) is 0. The van der Waals surface area contributed by atoms with Crippen LogP contribution in [-0.2, 0) is 4.79 Å². The first-order valence-corrected chi connectivity index (χ1v) is 8.80. The second-order valence-electron chi connectivity index (χ2n) is 6.76. The van der Waals surface area contributed by atoms with Gasteiger partial charge in [-0.1, -0.05) is 50.2 Å². The average Bonchev–Trinajstić information content (AvgIpc) is 2.63. The van der Waals surface area contributed by atoms with Crippen molar-refractivity contribution in [2.75, 3.05) is 6.54 Å². The quantitative estimate of drug-likeness (QED) is 0.675. The lowest BCUT2D eigenvalue weighted by Gasteiger charge is -2.19. The molecule has 2 aromatic carbocycles. The topological polar surface area (TPSA) is 62.1 Å². The third-order valence-electron chi connectivity index (χ3n) is 4.08. The number of alkyl halides is 3. The number of carbonyl (C=O) groups excluding carboxylic acids is 1. The van der Waals surface area contributed by atoms with Gasteiger partial charge in [0.25, 0.3) is 0 Å². The van der Waals surface area contributed by atoms with E-state index in [1.54, 1.807) is 6.07 Å². The van der Waals surface area contributed by atoms with E-state index in [9.17, 15) is 18.0 Å². The summed E-state index contributed by atoms with van der Waals surface area (Å²) in [5.41, 5.74) is 2.27. The van der Waals surface area contributed by atoms with Crippen molar-refractivity contribution in [3.05, 3.63) is 54.1 Å². The van der Waals surface area contributed by atoms with Gasteiger partial charge in [0.15, 0.2) is 0 Å². The van der Waals surface area contributed by atoms with E-state index in [0.29, 0.717) is 12.0 Å².